The van der Waals surface area contributed by atoms with Gasteiger partial charge < -0.3 is 25.6 Å². The Labute approximate surface area is 239 Å². The minimum absolute atomic E-state index is 0.213. The number of nitrogens with one attached hydrogen (secondary N) is 3. The maximum atomic E-state index is 13.5. The van der Waals surface area contributed by atoms with E-state index in [1.807, 2.05) is 30.3 Å². The molecule has 8 heteroatoms. The van der Waals surface area contributed by atoms with Gasteiger partial charge in [-0.1, -0.05) is 69.2 Å². The number of likely N-dealkylation sites (tertiary alicyclic amines) is 1. The number of benzene rings is 2. The second kappa shape index (κ2) is 15.1. The molecule has 0 spiro atoms. The molecule has 1 saturated heterocycles. The van der Waals surface area contributed by atoms with Crippen LogP contribution < -0.4 is 16.0 Å². The predicted octanol–water partition coefficient (Wildman–Crippen LogP) is 3.82. The Morgan fingerprint density at radius 3 is 2.48 bits per heavy atom. The van der Waals surface area contributed by atoms with Crippen LogP contribution in [0.3, 0.4) is 0 Å². The van der Waals surface area contributed by atoms with Gasteiger partial charge in [-0.05, 0) is 68.5 Å². The Bertz CT molecular complexity index is 1130. The molecule has 2 aromatic carbocycles. The summed E-state index contributed by atoms with van der Waals surface area (Å²) in [4.78, 5) is 41.5. The number of ether oxygens (including phenoxy) is 1. The van der Waals surface area contributed by atoms with E-state index in [2.05, 4.69) is 41.9 Å². The fourth-order valence-corrected chi connectivity index (χ4v) is 5.23. The Kier molecular flexibility index (Phi) is 11.9. The Morgan fingerprint density at radius 2 is 1.77 bits per heavy atom. The lowest BCUT2D eigenvalue weighted by Gasteiger charge is -2.32. The van der Waals surface area contributed by atoms with Crippen molar-refractivity contribution in [2.75, 3.05) is 33.3 Å². The van der Waals surface area contributed by atoms with Crippen LogP contribution in [-0.2, 0) is 25.5 Å². The molecule has 2 aromatic rings. The Hall–Kier alpha value is -2.97. The first-order valence-electron chi connectivity index (χ1n) is 14.8. The minimum Gasteiger partial charge on any atom is -0.369 e. The van der Waals surface area contributed by atoms with Crippen molar-refractivity contribution in [3.63, 3.8) is 0 Å². The predicted molar refractivity (Wildman–Crippen MR) is 160 cm³/mol. The van der Waals surface area contributed by atoms with Gasteiger partial charge in [0, 0.05) is 26.6 Å². The summed E-state index contributed by atoms with van der Waals surface area (Å²) < 4.78 is 5.38. The van der Waals surface area contributed by atoms with E-state index in [1.54, 1.807) is 18.7 Å². The summed E-state index contributed by atoms with van der Waals surface area (Å²) in [6.07, 6.45) is 4.77. The van der Waals surface area contributed by atoms with Gasteiger partial charge in [0.15, 0.2) is 0 Å². The van der Waals surface area contributed by atoms with Crippen LogP contribution >= 0.6 is 0 Å². The number of carbonyl (C=O) groups is 3. The quantitative estimate of drug-likeness (QED) is 0.292. The highest BCUT2D eigenvalue weighted by atomic mass is 16.5. The molecule has 3 rings (SSSR count). The minimum atomic E-state index is -1.02. The lowest BCUT2D eigenvalue weighted by Crippen LogP contribution is -2.56. The first-order valence-corrected chi connectivity index (χ1v) is 14.8. The molecule has 0 aliphatic carbocycles. The van der Waals surface area contributed by atoms with E-state index in [0.717, 1.165) is 55.1 Å². The highest BCUT2D eigenvalue weighted by molar-refractivity contribution is 5.94. The van der Waals surface area contributed by atoms with Crippen molar-refractivity contribution in [1.82, 2.24) is 20.9 Å². The summed E-state index contributed by atoms with van der Waals surface area (Å²) >= 11 is 0. The van der Waals surface area contributed by atoms with Gasteiger partial charge >= 0.3 is 0 Å². The number of fused-ring (bicyclic) bond motifs is 1. The van der Waals surface area contributed by atoms with E-state index >= 15 is 0 Å². The standard InChI is InChI=1S/C32H48N4O4/c1-6-23(7-2)22-33-17-11-18-34-29(37)27(21-24-15-16-25-12-8-9-13-26(25)20-24)35-30(38)28-14-10-19-36(28)31(39)32(3,4)40-5/h8-9,12-13,15-16,20,23,27-28,33H,6-7,10-11,14,17-19,21-22H2,1-5H3,(H,34,37)(H,35,38). The number of rotatable bonds is 15. The smallest absolute Gasteiger partial charge is 0.254 e. The molecular formula is C32H48N4O4. The van der Waals surface area contributed by atoms with Crippen LogP contribution in [0.4, 0.5) is 0 Å². The SMILES string of the molecule is CCC(CC)CNCCCNC(=O)C(Cc1ccc2ccccc2c1)NC(=O)C1CCCN1C(=O)C(C)(C)OC. The van der Waals surface area contributed by atoms with E-state index in [0.29, 0.717) is 31.8 Å². The molecule has 0 radical (unpaired) electrons. The first-order chi connectivity index (χ1) is 19.2. The lowest BCUT2D eigenvalue weighted by atomic mass is 10.0. The molecule has 220 valence electrons. The Morgan fingerprint density at radius 1 is 1.05 bits per heavy atom. The van der Waals surface area contributed by atoms with Gasteiger partial charge in [-0.3, -0.25) is 14.4 Å². The van der Waals surface area contributed by atoms with E-state index < -0.39 is 17.7 Å². The zero-order valence-corrected chi connectivity index (χ0v) is 24.9. The maximum absolute atomic E-state index is 13.5. The average molecular weight is 553 g/mol. The fourth-order valence-electron chi connectivity index (χ4n) is 5.23. The molecule has 0 aromatic heterocycles. The summed E-state index contributed by atoms with van der Waals surface area (Å²) in [5.41, 5.74) is -0.0570. The number of carbonyl (C=O) groups excluding carboxylic acids is 3. The molecule has 1 aliphatic rings. The van der Waals surface area contributed by atoms with Gasteiger partial charge in [-0.2, -0.15) is 0 Å². The third-order valence-corrected chi connectivity index (χ3v) is 8.15. The molecule has 2 unspecified atom stereocenters. The lowest BCUT2D eigenvalue weighted by molar-refractivity contribution is -0.154. The summed E-state index contributed by atoms with van der Waals surface area (Å²) in [6.45, 7) is 10.7. The molecular weight excluding hydrogens is 504 g/mol. The zero-order valence-electron chi connectivity index (χ0n) is 24.9. The van der Waals surface area contributed by atoms with Gasteiger partial charge in [-0.25, -0.2) is 0 Å². The molecule has 3 amide bonds. The van der Waals surface area contributed by atoms with Crippen molar-refractivity contribution >= 4 is 28.5 Å². The first kappa shape index (κ1) is 31.6. The van der Waals surface area contributed by atoms with Crippen LogP contribution in [0.1, 0.15) is 65.4 Å². The van der Waals surface area contributed by atoms with Gasteiger partial charge in [0.05, 0.1) is 0 Å². The van der Waals surface area contributed by atoms with Gasteiger partial charge in [0.2, 0.25) is 11.8 Å². The largest absolute Gasteiger partial charge is 0.369 e. The summed E-state index contributed by atoms with van der Waals surface area (Å²) in [5.74, 6) is -0.0585. The zero-order chi connectivity index (χ0) is 29.1. The third kappa shape index (κ3) is 8.51. The van der Waals surface area contributed by atoms with Crippen molar-refractivity contribution in [2.45, 2.75) is 83.9 Å². The normalized spacial score (nSPS) is 16.4. The number of amides is 3. The Balaban J connectivity index is 1.67. The summed E-state index contributed by atoms with van der Waals surface area (Å²) in [6, 6.07) is 12.8. The topological polar surface area (TPSA) is 99.8 Å². The van der Waals surface area contributed by atoms with Gasteiger partial charge in [-0.15, -0.1) is 0 Å². The van der Waals surface area contributed by atoms with E-state index in [9.17, 15) is 14.4 Å². The molecule has 2 atom stereocenters. The van der Waals surface area contributed by atoms with Crippen LogP contribution in [0.15, 0.2) is 42.5 Å². The molecule has 3 N–H and O–H groups in total. The number of hydrogen-bond donors (Lipinski definition) is 3. The molecule has 8 nitrogen and oxygen atoms in total. The second-order valence-corrected chi connectivity index (χ2v) is 11.3. The van der Waals surface area contributed by atoms with Gasteiger partial charge in [0.25, 0.3) is 5.91 Å². The van der Waals surface area contributed by atoms with Crippen molar-refractivity contribution in [1.29, 1.82) is 0 Å². The maximum Gasteiger partial charge on any atom is 0.254 e. The molecule has 0 saturated carbocycles. The molecule has 0 bridgehead atoms. The van der Waals surface area contributed by atoms with Gasteiger partial charge in [0.1, 0.15) is 17.7 Å². The van der Waals surface area contributed by atoms with E-state index in [-0.39, 0.29) is 17.7 Å². The van der Waals surface area contributed by atoms with Crippen molar-refractivity contribution in [3.8, 4) is 0 Å². The number of methoxy groups -OCH3 is 1. The highest BCUT2D eigenvalue weighted by Gasteiger charge is 2.41. The van der Waals surface area contributed by atoms with Crippen LogP contribution in [0.5, 0.6) is 0 Å². The monoisotopic (exact) mass is 552 g/mol. The van der Waals surface area contributed by atoms with Crippen molar-refractivity contribution < 1.29 is 19.1 Å². The number of nitrogens with zero attached hydrogens (tertiary/aromatic N) is 1. The average Bonchev–Trinajstić information content (AvgIpc) is 3.46. The molecule has 40 heavy (non-hydrogen) atoms. The highest BCUT2D eigenvalue weighted by Crippen LogP contribution is 2.23. The molecule has 1 heterocycles. The summed E-state index contributed by atoms with van der Waals surface area (Å²) in [5, 5.41) is 11.7. The molecule has 1 fully saturated rings. The van der Waals surface area contributed by atoms with Crippen LogP contribution in [-0.4, -0.2) is 73.6 Å². The fraction of sp³-hybridized carbons (Fsp3) is 0.594. The number of hydrogen-bond acceptors (Lipinski definition) is 5. The van der Waals surface area contributed by atoms with Crippen molar-refractivity contribution in [2.24, 2.45) is 5.92 Å². The summed E-state index contributed by atoms with van der Waals surface area (Å²) in [7, 11) is 1.49. The van der Waals surface area contributed by atoms with Crippen LogP contribution in [0, 0.1) is 5.92 Å². The van der Waals surface area contributed by atoms with E-state index in [1.165, 1.54) is 7.11 Å². The molecule has 1 aliphatic heterocycles. The second-order valence-electron chi connectivity index (χ2n) is 11.3. The van der Waals surface area contributed by atoms with Crippen molar-refractivity contribution in [3.05, 3.63) is 48.0 Å². The third-order valence-electron chi connectivity index (χ3n) is 8.15. The van der Waals surface area contributed by atoms with E-state index in [4.69, 9.17) is 4.74 Å². The van der Waals surface area contributed by atoms with Crippen LogP contribution in [0.2, 0.25) is 0 Å². The van der Waals surface area contributed by atoms with Crippen LogP contribution in [0.25, 0.3) is 10.8 Å².